The van der Waals surface area contributed by atoms with Gasteiger partial charge in [0.15, 0.2) is 0 Å². The van der Waals surface area contributed by atoms with Crippen LogP contribution in [0.4, 0.5) is 0 Å². The average Bonchev–Trinajstić information content (AvgIpc) is 2.50. The van der Waals surface area contributed by atoms with Gasteiger partial charge in [-0.3, -0.25) is 0 Å². The van der Waals surface area contributed by atoms with E-state index in [4.69, 9.17) is 9.47 Å². The molecule has 0 saturated heterocycles. The molecule has 2 fully saturated rings. The average molecular weight is 268 g/mol. The van der Waals surface area contributed by atoms with Crippen molar-refractivity contribution < 1.29 is 9.47 Å². The molecule has 0 radical (unpaired) electrons. The van der Waals surface area contributed by atoms with Crippen molar-refractivity contribution in [3.63, 3.8) is 0 Å². The molecule has 0 aromatic rings. The second kappa shape index (κ2) is 8.26. The first kappa shape index (κ1) is 15.3. The maximum absolute atomic E-state index is 5.83. The fourth-order valence-electron chi connectivity index (χ4n) is 4.20. The number of hydrogen-bond donors (Lipinski definition) is 0. The summed E-state index contributed by atoms with van der Waals surface area (Å²) in [4.78, 5) is 0. The normalized spacial score (nSPS) is 26.2. The molecule has 0 amide bonds. The molecule has 0 N–H and O–H groups in total. The van der Waals surface area contributed by atoms with Crippen LogP contribution in [0, 0.1) is 11.8 Å². The molecular weight excluding hydrogens is 236 g/mol. The molecule has 19 heavy (non-hydrogen) atoms. The van der Waals surface area contributed by atoms with Gasteiger partial charge in [0.2, 0.25) is 0 Å². The van der Waals surface area contributed by atoms with Crippen molar-refractivity contribution in [2.45, 2.75) is 82.8 Å². The highest BCUT2D eigenvalue weighted by Crippen LogP contribution is 2.34. The third-order valence-corrected chi connectivity index (χ3v) is 5.42. The van der Waals surface area contributed by atoms with Crippen LogP contribution in [0.2, 0.25) is 0 Å². The van der Waals surface area contributed by atoms with E-state index < -0.39 is 0 Å². The monoisotopic (exact) mass is 268 g/mol. The van der Waals surface area contributed by atoms with Gasteiger partial charge in [0.25, 0.3) is 0 Å². The Balaban J connectivity index is 1.86. The highest BCUT2D eigenvalue weighted by Gasteiger charge is 2.30. The molecule has 0 aromatic carbocycles. The summed E-state index contributed by atoms with van der Waals surface area (Å²) in [5, 5.41) is 0. The van der Waals surface area contributed by atoms with Crippen LogP contribution in [0.15, 0.2) is 0 Å². The van der Waals surface area contributed by atoms with Crippen LogP contribution in [-0.2, 0) is 9.47 Å². The fraction of sp³-hybridized carbons (Fsp3) is 1.00. The molecule has 0 aliphatic heterocycles. The number of rotatable bonds is 6. The predicted molar refractivity (Wildman–Crippen MR) is 79.4 cm³/mol. The van der Waals surface area contributed by atoms with E-state index in [1.807, 2.05) is 14.2 Å². The van der Waals surface area contributed by atoms with E-state index in [9.17, 15) is 0 Å². The van der Waals surface area contributed by atoms with E-state index in [0.29, 0.717) is 12.2 Å². The van der Waals surface area contributed by atoms with Crippen LogP contribution < -0.4 is 0 Å². The molecule has 2 unspecified atom stereocenters. The van der Waals surface area contributed by atoms with Gasteiger partial charge in [0.1, 0.15) is 0 Å². The molecule has 2 rings (SSSR count). The van der Waals surface area contributed by atoms with Gasteiger partial charge >= 0.3 is 0 Å². The molecule has 2 saturated carbocycles. The Morgan fingerprint density at radius 3 is 1.37 bits per heavy atom. The molecule has 2 atom stereocenters. The van der Waals surface area contributed by atoms with Gasteiger partial charge < -0.3 is 9.47 Å². The summed E-state index contributed by atoms with van der Waals surface area (Å²) >= 11 is 0. The zero-order valence-corrected chi connectivity index (χ0v) is 12.9. The van der Waals surface area contributed by atoms with Crippen molar-refractivity contribution in [3.05, 3.63) is 0 Å². The highest BCUT2D eigenvalue weighted by molar-refractivity contribution is 4.81. The Hall–Kier alpha value is -0.0800. The minimum Gasteiger partial charge on any atom is -0.381 e. The molecule has 0 bridgehead atoms. The summed E-state index contributed by atoms with van der Waals surface area (Å²) in [5.41, 5.74) is 0. The largest absolute Gasteiger partial charge is 0.381 e. The molecule has 2 aliphatic carbocycles. The zero-order valence-electron chi connectivity index (χ0n) is 12.9. The lowest BCUT2D eigenvalue weighted by atomic mass is 9.79. The van der Waals surface area contributed by atoms with Crippen LogP contribution >= 0.6 is 0 Å². The smallest absolute Gasteiger partial charge is 0.0624 e. The Kier molecular flexibility index (Phi) is 6.66. The van der Waals surface area contributed by atoms with E-state index in [2.05, 4.69) is 0 Å². The van der Waals surface area contributed by atoms with Crippen molar-refractivity contribution in [3.8, 4) is 0 Å². The van der Waals surface area contributed by atoms with Crippen LogP contribution in [0.1, 0.15) is 70.6 Å². The topological polar surface area (TPSA) is 18.5 Å². The molecular formula is C17H32O2. The lowest BCUT2D eigenvalue weighted by Gasteiger charge is -2.35. The van der Waals surface area contributed by atoms with Crippen LogP contribution in [0.5, 0.6) is 0 Å². The number of hydrogen-bond acceptors (Lipinski definition) is 2. The standard InChI is InChI=1S/C17H32O2/c1-18-16(14-9-5-3-6-10-14)13-17(19-2)15-11-7-4-8-12-15/h14-17H,3-13H2,1-2H3. The molecule has 2 heteroatoms. The van der Waals surface area contributed by atoms with E-state index in [1.54, 1.807) is 0 Å². The summed E-state index contributed by atoms with van der Waals surface area (Å²) in [7, 11) is 3.79. The first-order valence-electron chi connectivity index (χ1n) is 8.40. The molecule has 0 heterocycles. The van der Waals surface area contributed by atoms with Crippen molar-refractivity contribution >= 4 is 0 Å². The van der Waals surface area contributed by atoms with Gasteiger partial charge in [-0.1, -0.05) is 38.5 Å². The SMILES string of the molecule is COC(CC(OC)C1CCCCC1)C1CCCCC1. The Morgan fingerprint density at radius 1 is 0.684 bits per heavy atom. The van der Waals surface area contributed by atoms with Crippen molar-refractivity contribution in [1.82, 2.24) is 0 Å². The second-order valence-corrected chi connectivity index (χ2v) is 6.58. The predicted octanol–water partition coefficient (Wildman–Crippen LogP) is 4.57. The zero-order chi connectivity index (χ0) is 13.5. The quantitative estimate of drug-likeness (QED) is 0.702. The number of methoxy groups -OCH3 is 2. The Morgan fingerprint density at radius 2 is 1.05 bits per heavy atom. The Labute approximate surface area is 119 Å². The molecule has 0 spiro atoms. The van der Waals surface area contributed by atoms with Gasteiger partial charge in [-0.15, -0.1) is 0 Å². The second-order valence-electron chi connectivity index (χ2n) is 6.58. The van der Waals surface area contributed by atoms with Crippen LogP contribution in [-0.4, -0.2) is 26.4 Å². The highest BCUT2D eigenvalue weighted by atomic mass is 16.5. The number of ether oxygens (including phenoxy) is 2. The van der Waals surface area contributed by atoms with Gasteiger partial charge in [0, 0.05) is 20.6 Å². The summed E-state index contributed by atoms with van der Waals surface area (Å²) in [5.74, 6) is 1.56. The maximum Gasteiger partial charge on any atom is 0.0624 e. The third kappa shape index (κ3) is 4.46. The van der Waals surface area contributed by atoms with Crippen molar-refractivity contribution in [2.24, 2.45) is 11.8 Å². The van der Waals surface area contributed by atoms with Crippen LogP contribution in [0.25, 0.3) is 0 Å². The first-order chi connectivity index (χ1) is 9.35. The molecule has 0 aromatic heterocycles. The summed E-state index contributed by atoms with van der Waals surface area (Å²) in [6.45, 7) is 0. The molecule has 2 nitrogen and oxygen atoms in total. The summed E-state index contributed by atoms with van der Waals surface area (Å²) in [6.07, 6.45) is 15.8. The molecule has 2 aliphatic rings. The lowest BCUT2D eigenvalue weighted by molar-refractivity contribution is -0.0400. The third-order valence-electron chi connectivity index (χ3n) is 5.42. The first-order valence-corrected chi connectivity index (χ1v) is 8.40. The van der Waals surface area contributed by atoms with E-state index in [1.165, 1.54) is 64.2 Å². The van der Waals surface area contributed by atoms with Crippen molar-refractivity contribution in [1.29, 1.82) is 0 Å². The van der Waals surface area contributed by atoms with Gasteiger partial charge in [0.05, 0.1) is 12.2 Å². The van der Waals surface area contributed by atoms with Crippen LogP contribution in [0.3, 0.4) is 0 Å². The summed E-state index contributed by atoms with van der Waals surface area (Å²) in [6, 6.07) is 0. The minimum atomic E-state index is 0.423. The minimum absolute atomic E-state index is 0.423. The van der Waals surface area contributed by atoms with Gasteiger partial charge in [-0.25, -0.2) is 0 Å². The Bertz CT molecular complexity index is 205. The van der Waals surface area contributed by atoms with E-state index in [-0.39, 0.29) is 0 Å². The lowest BCUT2D eigenvalue weighted by Crippen LogP contribution is -2.34. The fourth-order valence-corrected chi connectivity index (χ4v) is 4.20. The van der Waals surface area contributed by atoms with Gasteiger partial charge in [-0.2, -0.15) is 0 Å². The van der Waals surface area contributed by atoms with E-state index >= 15 is 0 Å². The summed E-state index contributed by atoms with van der Waals surface area (Å²) < 4.78 is 11.7. The molecule has 112 valence electrons. The van der Waals surface area contributed by atoms with Gasteiger partial charge in [-0.05, 0) is 37.5 Å². The maximum atomic E-state index is 5.83. The van der Waals surface area contributed by atoms with Crippen molar-refractivity contribution in [2.75, 3.05) is 14.2 Å². The van der Waals surface area contributed by atoms with E-state index in [0.717, 1.165) is 18.3 Å².